The van der Waals surface area contributed by atoms with E-state index in [1.54, 1.807) is 16.5 Å². The molecule has 0 atom stereocenters. The molecule has 1 aliphatic rings. The van der Waals surface area contributed by atoms with Gasteiger partial charge in [0.15, 0.2) is 5.82 Å². The number of piperazine rings is 1. The maximum absolute atomic E-state index is 12.9. The van der Waals surface area contributed by atoms with Crippen molar-refractivity contribution in [2.75, 3.05) is 37.7 Å². The van der Waals surface area contributed by atoms with Gasteiger partial charge in [-0.1, -0.05) is 12.1 Å². The zero-order chi connectivity index (χ0) is 21.3. The molecule has 1 saturated heterocycles. The first-order valence-electron chi connectivity index (χ1n) is 9.70. The molecule has 0 N–H and O–H groups in total. The van der Waals surface area contributed by atoms with Crippen molar-refractivity contribution in [3.63, 3.8) is 0 Å². The molecule has 0 spiro atoms. The Hall–Kier alpha value is -3.23. The maximum Gasteiger partial charge on any atom is 0.416 e. The molecule has 0 bridgehead atoms. The summed E-state index contributed by atoms with van der Waals surface area (Å²) in [5.41, 5.74) is 0.661. The molecular weight excluding hydrogens is 397 g/mol. The molecule has 3 aromatic rings. The Morgan fingerprint density at radius 1 is 1.03 bits per heavy atom. The number of carbonyl (C=O) groups excluding carboxylic acids is 1. The number of carbonyl (C=O) groups is 1. The fourth-order valence-corrected chi connectivity index (χ4v) is 3.59. The van der Waals surface area contributed by atoms with E-state index in [0.717, 1.165) is 28.9 Å². The van der Waals surface area contributed by atoms with Gasteiger partial charge in [-0.05, 0) is 43.3 Å². The quantitative estimate of drug-likeness (QED) is 0.636. The van der Waals surface area contributed by atoms with E-state index >= 15 is 0 Å². The molecule has 6 nitrogen and oxygen atoms in total. The normalized spacial score (nSPS) is 14.9. The van der Waals surface area contributed by atoms with Crippen LogP contribution < -0.4 is 4.90 Å². The number of amides is 1. The number of aromatic nitrogens is 2. The maximum atomic E-state index is 12.9. The van der Waals surface area contributed by atoms with Gasteiger partial charge in [0, 0.05) is 31.6 Å². The van der Waals surface area contributed by atoms with Gasteiger partial charge in [0.25, 0.3) is 0 Å². The summed E-state index contributed by atoms with van der Waals surface area (Å²) in [5, 5.41) is 5.61. The van der Waals surface area contributed by atoms with Gasteiger partial charge in [-0.25, -0.2) is 9.48 Å². The van der Waals surface area contributed by atoms with Crippen LogP contribution in [0.5, 0.6) is 0 Å². The lowest BCUT2D eigenvalue weighted by Crippen LogP contribution is -2.49. The van der Waals surface area contributed by atoms with E-state index in [1.165, 1.54) is 12.1 Å². The highest BCUT2D eigenvalue weighted by Crippen LogP contribution is 2.32. The first-order chi connectivity index (χ1) is 14.4. The lowest BCUT2D eigenvalue weighted by molar-refractivity contribution is -0.137. The van der Waals surface area contributed by atoms with Crippen LogP contribution in [-0.2, 0) is 10.9 Å². The Labute approximate surface area is 171 Å². The minimum atomic E-state index is -4.38. The van der Waals surface area contributed by atoms with Crippen LogP contribution in [-0.4, -0.2) is 53.6 Å². The third-order valence-corrected chi connectivity index (χ3v) is 5.11. The largest absolute Gasteiger partial charge is 0.450 e. The van der Waals surface area contributed by atoms with Crippen molar-refractivity contribution in [2.45, 2.75) is 13.1 Å². The zero-order valence-corrected chi connectivity index (χ0v) is 16.4. The second kappa shape index (κ2) is 7.89. The van der Waals surface area contributed by atoms with Crippen molar-refractivity contribution in [1.29, 1.82) is 0 Å². The van der Waals surface area contributed by atoms with E-state index in [-0.39, 0.29) is 6.09 Å². The minimum absolute atomic E-state index is 0.322. The van der Waals surface area contributed by atoms with Crippen LogP contribution >= 0.6 is 0 Å². The number of anilines is 1. The molecule has 30 heavy (non-hydrogen) atoms. The predicted octanol–water partition coefficient (Wildman–Crippen LogP) is 4.32. The van der Waals surface area contributed by atoms with Gasteiger partial charge >= 0.3 is 12.3 Å². The fourth-order valence-electron chi connectivity index (χ4n) is 3.59. The van der Waals surface area contributed by atoms with E-state index in [9.17, 15) is 18.0 Å². The molecule has 1 aromatic heterocycles. The Morgan fingerprint density at radius 2 is 1.70 bits per heavy atom. The molecule has 2 aromatic carbocycles. The van der Waals surface area contributed by atoms with Crippen LogP contribution in [0.2, 0.25) is 0 Å². The first kappa shape index (κ1) is 20.1. The van der Waals surface area contributed by atoms with Crippen LogP contribution in [0.25, 0.3) is 16.6 Å². The Morgan fingerprint density at radius 3 is 2.33 bits per heavy atom. The summed E-state index contributed by atoms with van der Waals surface area (Å²) in [7, 11) is 0. The topological polar surface area (TPSA) is 50.6 Å². The van der Waals surface area contributed by atoms with Gasteiger partial charge in [0.1, 0.15) is 0 Å². The molecule has 9 heteroatoms. The summed E-state index contributed by atoms with van der Waals surface area (Å²) in [5.74, 6) is 0.744. The van der Waals surface area contributed by atoms with Gasteiger partial charge in [-0.2, -0.15) is 13.2 Å². The van der Waals surface area contributed by atoms with Crippen molar-refractivity contribution in [2.24, 2.45) is 0 Å². The highest BCUT2D eigenvalue weighted by atomic mass is 19.4. The average molecular weight is 418 g/mol. The smallest absolute Gasteiger partial charge is 0.416 e. The Balaban J connectivity index is 1.63. The molecule has 0 saturated carbocycles. The van der Waals surface area contributed by atoms with Crippen LogP contribution in [0.3, 0.4) is 0 Å². The van der Waals surface area contributed by atoms with Crippen molar-refractivity contribution in [3.05, 3.63) is 54.1 Å². The summed E-state index contributed by atoms with van der Waals surface area (Å²) >= 11 is 0. The van der Waals surface area contributed by atoms with Crippen LogP contribution in [0.1, 0.15) is 12.5 Å². The molecule has 158 valence electrons. The van der Waals surface area contributed by atoms with Gasteiger partial charge in [-0.15, -0.1) is 5.10 Å². The summed E-state index contributed by atoms with van der Waals surface area (Å²) in [6, 6.07) is 12.6. The molecule has 1 amide bonds. The molecule has 0 aliphatic carbocycles. The first-order valence-corrected chi connectivity index (χ1v) is 9.70. The number of alkyl halides is 3. The molecule has 2 heterocycles. The van der Waals surface area contributed by atoms with Gasteiger partial charge in [0.2, 0.25) is 0 Å². The van der Waals surface area contributed by atoms with E-state index in [0.29, 0.717) is 38.5 Å². The number of nitrogens with zero attached hydrogens (tertiary/aromatic N) is 4. The number of rotatable bonds is 3. The van der Waals surface area contributed by atoms with Gasteiger partial charge in [-0.3, -0.25) is 0 Å². The number of halogens is 3. The van der Waals surface area contributed by atoms with Crippen molar-refractivity contribution >= 4 is 22.8 Å². The van der Waals surface area contributed by atoms with Crippen LogP contribution in [0.15, 0.2) is 48.5 Å². The van der Waals surface area contributed by atoms with Crippen molar-refractivity contribution < 1.29 is 22.7 Å². The summed E-state index contributed by atoms with van der Waals surface area (Å²) in [4.78, 5) is 15.7. The number of benzene rings is 2. The standard InChI is InChI=1S/C21H21F3N4O2/c1-2-30-20(29)27-13-11-26(12-14-27)19-17-5-3-4-6-18(17)28(25-19)16-9-7-15(8-10-16)21(22,23)24/h3-10H,2,11-14H2,1H3. The van der Waals surface area contributed by atoms with E-state index < -0.39 is 11.7 Å². The minimum Gasteiger partial charge on any atom is -0.450 e. The molecule has 0 radical (unpaired) electrons. The predicted molar refractivity (Wildman–Crippen MR) is 107 cm³/mol. The van der Waals surface area contributed by atoms with Crippen molar-refractivity contribution in [1.82, 2.24) is 14.7 Å². The average Bonchev–Trinajstić information content (AvgIpc) is 3.13. The zero-order valence-electron chi connectivity index (χ0n) is 16.4. The summed E-state index contributed by atoms with van der Waals surface area (Å²) in [6.07, 6.45) is -4.70. The summed E-state index contributed by atoms with van der Waals surface area (Å²) < 4.78 is 45.4. The van der Waals surface area contributed by atoms with Gasteiger partial charge < -0.3 is 14.5 Å². The highest BCUT2D eigenvalue weighted by Gasteiger charge is 2.30. The molecular formula is C21H21F3N4O2. The Bertz CT molecular complexity index is 1040. The molecule has 1 fully saturated rings. The monoisotopic (exact) mass is 418 g/mol. The highest BCUT2D eigenvalue weighted by molar-refractivity contribution is 5.92. The lowest BCUT2D eigenvalue weighted by Gasteiger charge is -2.34. The van der Waals surface area contributed by atoms with Crippen LogP contribution in [0.4, 0.5) is 23.8 Å². The number of para-hydroxylation sites is 1. The van der Waals surface area contributed by atoms with Gasteiger partial charge in [0.05, 0.1) is 23.4 Å². The second-order valence-corrected chi connectivity index (χ2v) is 6.97. The number of fused-ring (bicyclic) bond motifs is 1. The molecule has 1 aliphatic heterocycles. The third kappa shape index (κ3) is 3.79. The van der Waals surface area contributed by atoms with E-state index in [4.69, 9.17) is 9.84 Å². The number of ether oxygens (including phenoxy) is 1. The summed E-state index contributed by atoms with van der Waals surface area (Å²) in [6.45, 7) is 4.32. The molecule has 4 rings (SSSR count). The third-order valence-electron chi connectivity index (χ3n) is 5.11. The fraction of sp³-hybridized carbons (Fsp3) is 0.333. The Kier molecular flexibility index (Phi) is 5.27. The van der Waals surface area contributed by atoms with E-state index in [2.05, 4.69) is 4.90 Å². The SMILES string of the molecule is CCOC(=O)N1CCN(c2nn(-c3ccc(C(F)(F)F)cc3)c3ccccc23)CC1. The number of hydrogen-bond acceptors (Lipinski definition) is 4. The number of hydrogen-bond donors (Lipinski definition) is 0. The lowest BCUT2D eigenvalue weighted by atomic mass is 10.2. The second-order valence-electron chi connectivity index (χ2n) is 6.97. The van der Waals surface area contributed by atoms with E-state index in [1.807, 2.05) is 24.3 Å². The van der Waals surface area contributed by atoms with Crippen molar-refractivity contribution in [3.8, 4) is 5.69 Å². The van der Waals surface area contributed by atoms with Crippen LogP contribution in [0, 0.1) is 0 Å². The molecule has 0 unspecified atom stereocenters.